The third kappa shape index (κ3) is 6.05. The number of carbonyl (C=O) groups is 2. The molecule has 0 bridgehead atoms. The van der Waals surface area contributed by atoms with Gasteiger partial charge in [0.05, 0.1) is 17.1 Å². The van der Waals surface area contributed by atoms with E-state index >= 15 is 0 Å². The van der Waals surface area contributed by atoms with Crippen LogP contribution in [0.25, 0.3) is 11.0 Å². The van der Waals surface area contributed by atoms with Crippen LogP contribution in [0.4, 0.5) is 21.9 Å². The van der Waals surface area contributed by atoms with Crippen molar-refractivity contribution < 1.29 is 28.4 Å². The summed E-state index contributed by atoms with van der Waals surface area (Å²) in [6, 6.07) is 10.2. The van der Waals surface area contributed by atoms with Gasteiger partial charge in [-0.15, -0.1) is 0 Å². The SMILES string of the molecule is CCOC(=O)Nc1ccc2c(COC(=O)c3ccc(N4CCC(C)CC4)c([N+](=O)[O-])c3)cc(=O)oc2c1. The number of nitrogens with one attached hydrogen (secondary N) is 1. The predicted molar refractivity (Wildman–Crippen MR) is 136 cm³/mol. The van der Waals surface area contributed by atoms with Gasteiger partial charge < -0.3 is 18.8 Å². The first-order valence-corrected chi connectivity index (χ1v) is 12.0. The Morgan fingerprint density at radius 1 is 1.14 bits per heavy atom. The van der Waals surface area contributed by atoms with Gasteiger partial charge in [-0.2, -0.15) is 0 Å². The van der Waals surface area contributed by atoms with E-state index in [0.717, 1.165) is 12.8 Å². The van der Waals surface area contributed by atoms with Crippen molar-refractivity contribution in [1.29, 1.82) is 0 Å². The van der Waals surface area contributed by atoms with E-state index in [9.17, 15) is 24.5 Å². The Balaban J connectivity index is 1.52. The molecule has 2 aromatic carbocycles. The molecule has 1 saturated heterocycles. The monoisotopic (exact) mass is 509 g/mol. The largest absolute Gasteiger partial charge is 0.457 e. The van der Waals surface area contributed by atoms with Gasteiger partial charge in [0.25, 0.3) is 5.69 Å². The topological polar surface area (TPSA) is 141 Å². The average molecular weight is 510 g/mol. The van der Waals surface area contributed by atoms with E-state index in [1.165, 1.54) is 24.3 Å². The van der Waals surface area contributed by atoms with Crippen molar-refractivity contribution in [3.05, 3.63) is 74.1 Å². The molecular formula is C26H27N3O8. The second-order valence-electron chi connectivity index (χ2n) is 8.85. The van der Waals surface area contributed by atoms with Crippen molar-refractivity contribution in [1.82, 2.24) is 0 Å². The predicted octanol–water partition coefficient (Wildman–Crippen LogP) is 4.86. The smallest absolute Gasteiger partial charge is 0.411 e. The van der Waals surface area contributed by atoms with E-state index in [1.807, 2.05) is 4.90 Å². The van der Waals surface area contributed by atoms with Gasteiger partial charge in [-0.1, -0.05) is 6.92 Å². The highest BCUT2D eigenvalue weighted by Crippen LogP contribution is 2.32. The molecule has 1 N–H and O–H groups in total. The molecule has 0 aliphatic carbocycles. The molecule has 0 radical (unpaired) electrons. The molecule has 11 nitrogen and oxygen atoms in total. The number of carbonyl (C=O) groups excluding carboxylic acids is 2. The molecule has 1 aliphatic rings. The second kappa shape index (κ2) is 11.1. The molecule has 1 amide bonds. The number of rotatable bonds is 7. The molecular weight excluding hydrogens is 482 g/mol. The van der Waals surface area contributed by atoms with E-state index in [-0.39, 0.29) is 30.0 Å². The minimum Gasteiger partial charge on any atom is -0.457 e. The fourth-order valence-electron chi connectivity index (χ4n) is 4.25. The van der Waals surface area contributed by atoms with Crippen molar-refractivity contribution in [2.45, 2.75) is 33.3 Å². The van der Waals surface area contributed by atoms with Crippen molar-refractivity contribution >= 4 is 40.1 Å². The number of anilines is 2. The minimum absolute atomic E-state index is 0.0361. The third-order valence-corrected chi connectivity index (χ3v) is 6.24. The summed E-state index contributed by atoms with van der Waals surface area (Å²) in [4.78, 5) is 49.7. The van der Waals surface area contributed by atoms with Gasteiger partial charge in [-0.25, -0.2) is 14.4 Å². The normalized spacial score (nSPS) is 13.8. The number of nitrogens with zero attached hydrogens (tertiary/aromatic N) is 2. The molecule has 4 rings (SSSR count). The van der Waals surface area contributed by atoms with Crippen molar-refractivity contribution in [3.8, 4) is 0 Å². The number of esters is 1. The van der Waals surface area contributed by atoms with Crippen molar-refractivity contribution in [3.63, 3.8) is 0 Å². The lowest BCUT2D eigenvalue weighted by Crippen LogP contribution is -2.33. The maximum atomic E-state index is 12.8. The first-order chi connectivity index (χ1) is 17.7. The summed E-state index contributed by atoms with van der Waals surface area (Å²) in [6.45, 7) is 5.20. The molecule has 194 valence electrons. The highest BCUT2D eigenvalue weighted by Gasteiger charge is 2.25. The van der Waals surface area contributed by atoms with Crippen LogP contribution in [0, 0.1) is 16.0 Å². The lowest BCUT2D eigenvalue weighted by molar-refractivity contribution is -0.384. The molecule has 3 aromatic rings. The maximum Gasteiger partial charge on any atom is 0.411 e. The van der Waals surface area contributed by atoms with Gasteiger partial charge >= 0.3 is 17.7 Å². The number of amides is 1. The summed E-state index contributed by atoms with van der Waals surface area (Å²) in [7, 11) is 0. The molecule has 0 spiro atoms. The van der Waals surface area contributed by atoms with Gasteiger partial charge in [0.2, 0.25) is 0 Å². The Hall–Kier alpha value is -4.41. The Kier molecular flexibility index (Phi) is 7.71. The molecule has 1 aromatic heterocycles. The molecule has 0 unspecified atom stereocenters. The van der Waals surface area contributed by atoms with Gasteiger partial charge in [0.15, 0.2) is 0 Å². The average Bonchev–Trinajstić information content (AvgIpc) is 2.87. The maximum absolute atomic E-state index is 12.8. The Bertz CT molecular complexity index is 1390. The molecule has 2 heterocycles. The van der Waals surface area contributed by atoms with E-state index in [4.69, 9.17) is 13.9 Å². The number of hydrogen-bond acceptors (Lipinski definition) is 9. The zero-order chi connectivity index (χ0) is 26.5. The molecule has 11 heteroatoms. The number of piperidine rings is 1. The van der Waals surface area contributed by atoms with E-state index in [2.05, 4.69) is 12.2 Å². The van der Waals surface area contributed by atoms with E-state index in [1.54, 1.807) is 25.1 Å². The summed E-state index contributed by atoms with van der Waals surface area (Å²) >= 11 is 0. The number of benzene rings is 2. The number of nitro groups is 1. The van der Waals surface area contributed by atoms with Crippen LogP contribution in [0.1, 0.15) is 42.6 Å². The van der Waals surface area contributed by atoms with Crippen LogP contribution in [0.5, 0.6) is 0 Å². The van der Waals surface area contributed by atoms with Crippen molar-refractivity contribution in [2.75, 3.05) is 29.9 Å². The highest BCUT2D eigenvalue weighted by atomic mass is 16.6. The Morgan fingerprint density at radius 3 is 2.59 bits per heavy atom. The lowest BCUT2D eigenvalue weighted by atomic mass is 9.98. The molecule has 1 fully saturated rings. The molecule has 1 aliphatic heterocycles. The summed E-state index contributed by atoms with van der Waals surface area (Å²) in [5.74, 6) is -0.189. The molecule has 0 atom stereocenters. The summed E-state index contributed by atoms with van der Waals surface area (Å²) in [5.41, 5.74) is 0.624. The van der Waals surface area contributed by atoms with E-state index < -0.39 is 22.6 Å². The first-order valence-electron chi connectivity index (χ1n) is 12.0. The highest BCUT2D eigenvalue weighted by molar-refractivity contribution is 5.92. The van der Waals surface area contributed by atoms with Gasteiger partial charge in [0, 0.05) is 47.9 Å². The van der Waals surface area contributed by atoms with E-state index in [0.29, 0.717) is 41.3 Å². The van der Waals surface area contributed by atoms with Gasteiger partial charge in [0.1, 0.15) is 17.9 Å². The fraction of sp³-hybridized carbons (Fsp3) is 0.346. The molecule has 37 heavy (non-hydrogen) atoms. The summed E-state index contributed by atoms with van der Waals surface area (Å²) in [5, 5.41) is 14.8. The van der Waals surface area contributed by atoms with Crippen LogP contribution in [-0.2, 0) is 16.1 Å². The standard InChI is InChI=1S/C26H27N3O8/c1-3-35-26(32)27-19-5-6-20-18(13-24(30)37-23(20)14-19)15-36-25(31)17-4-7-21(22(12-17)29(33)34)28-10-8-16(2)9-11-28/h4-7,12-14,16H,3,8-11,15H2,1-2H3,(H,27,32). The number of ether oxygens (including phenoxy) is 2. The van der Waals surface area contributed by atoms with Crippen molar-refractivity contribution in [2.24, 2.45) is 5.92 Å². The second-order valence-corrected chi connectivity index (χ2v) is 8.85. The van der Waals surface area contributed by atoms with Crippen LogP contribution in [0.2, 0.25) is 0 Å². The van der Waals surface area contributed by atoms with Crippen LogP contribution in [-0.4, -0.2) is 36.7 Å². The first kappa shape index (κ1) is 25.7. The van der Waals surface area contributed by atoms with Crippen LogP contribution >= 0.6 is 0 Å². The number of hydrogen-bond donors (Lipinski definition) is 1. The Morgan fingerprint density at radius 2 is 1.89 bits per heavy atom. The number of fused-ring (bicyclic) bond motifs is 1. The number of nitro benzene ring substituents is 1. The Labute approximate surface area is 212 Å². The van der Waals surface area contributed by atoms with Crippen LogP contribution in [0.3, 0.4) is 0 Å². The summed E-state index contributed by atoms with van der Waals surface area (Å²) < 4.78 is 15.5. The quantitative estimate of drug-likeness (QED) is 0.204. The van der Waals surface area contributed by atoms with Crippen LogP contribution in [0.15, 0.2) is 51.7 Å². The lowest BCUT2D eigenvalue weighted by Gasteiger charge is -2.31. The third-order valence-electron chi connectivity index (χ3n) is 6.24. The summed E-state index contributed by atoms with van der Waals surface area (Å²) in [6.07, 6.45) is 1.24. The zero-order valence-corrected chi connectivity index (χ0v) is 20.5. The zero-order valence-electron chi connectivity index (χ0n) is 20.5. The van der Waals surface area contributed by atoms with Gasteiger partial charge in [-0.3, -0.25) is 15.4 Å². The van der Waals surface area contributed by atoms with Crippen LogP contribution < -0.4 is 15.8 Å². The minimum atomic E-state index is -0.760. The molecule has 0 saturated carbocycles. The fourth-order valence-corrected chi connectivity index (χ4v) is 4.25. The van der Waals surface area contributed by atoms with Gasteiger partial charge in [-0.05, 0) is 49.9 Å².